The zero-order valence-corrected chi connectivity index (χ0v) is 14.1. The lowest BCUT2D eigenvalue weighted by atomic mass is 10.1. The molecule has 0 saturated heterocycles. The van der Waals surface area contributed by atoms with Gasteiger partial charge in [-0.25, -0.2) is 9.82 Å². The molecule has 0 saturated carbocycles. The Balaban J connectivity index is 1.69. The number of ether oxygens (including phenoxy) is 1. The Morgan fingerprint density at radius 2 is 2.04 bits per heavy atom. The summed E-state index contributed by atoms with van der Waals surface area (Å²) in [6.45, 7) is 2.44. The van der Waals surface area contributed by atoms with Crippen LogP contribution in [0.1, 0.15) is 23.0 Å². The Hall–Kier alpha value is -3.48. The first-order chi connectivity index (χ1) is 12.7. The van der Waals surface area contributed by atoms with E-state index in [1.54, 1.807) is 18.2 Å². The third-order valence-electron chi connectivity index (χ3n) is 3.54. The van der Waals surface area contributed by atoms with Gasteiger partial charge in [0.2, 0.25) is 0 Å². The molecule has 0 fully saturated rings. The summed E-state index contributed by atoms with van der Waals surface area (Å²) in [5, 5.41) is 10.7. The van der Waals surface area contributed by atoms with E-state index in [-0.39, 0.29) is 11.5 Å². The number of H-pyrrole nitrogens is 1. The molecule has 0 spiro atoms. The van der Waals surface area contributed by atoms with Crippen LogP contribution in [-0.2, 0) is 0 Å². The first kappa shape index (κ1) is 17.3. The van der Waals surface area contributed by atoms with Crippen LogP contribution < -0.4 is 10.2 Å². The Kier molecular flexibility index (Phi) is 5.38. The zero-order chi connectivity index (χ0) is 18.4. The summed E-state index contributed by atoms with van der Waals surface area (Å²) in [4.78, 5) is 12.2. The number of amides is 1. The third-order valence-corrected chi connectivity index (χ3v) is 3.54. The van der Waals surface area contributed by atoms with Gasteiger partial charge >= 0.3 is 0 Å². The SMILES string of the molecule is CCOc1ccccc1-c1cc(C(=O)NN=Cc2ccc(F)cc2)[nH]n1. The smallest absolute Gasteiger partial charge is 0.289 e. The van der Waals surface area contributed by atoms with Crippen LogP contribution in [0.4, 0.5) is 4.39 Å². The van der Waals surface area contributed by atoms with E-state index in [4.69, 9.17) is 4.74 Å². The van der Waals surface area contributed by atoms with Gasteiger partial charge in [-0.3, -0.25) is 9.89 Å². The van der Waals surface area contributed by atoms with Gasteiger partial charge in [0.1, 0.15) is 17.3 Å². The van der Waals surface area contributed by atoms with Gasteiger partial charge in [0.25, 0.3) is 5.91 Å². The maximum atomic E-state index is 12.8. The quantitative estimate of drug-likeness (QED) is 0.527. The van der Waals surface area contributed by atoms with Crippen molar-refractivity contribution in [2.75, 3.05) is 6.61 Å². The molecule has 132 valence electrons. The minimum Gasteiger partial charge on any atom is -0.493 e. The Bertz CT molecular complexity index is 919. The maximum absolute atomic E-state index is 12.8. The normalized spacial score (nSPS) is 10.8. The second kappa shape index (κ2) is 8.06. The van der Waals surface area contributed by atoms with Gasteiger partial charge in [-0.1, -0.05) is 24.3 Å². The van der Waals surface area contributed by atoms with Crippen LogP contribution in [0.3, 0.4) is 0 Å². The molecular formula is C19H17FN4O2. The monoisotopic (exact) mass is 352 g/mol. The number of para-hydroxylation sites is 1. The van der Waals surface area contributed by atoms with Crippen molar-refractivity contribution in [1.82, 2.24) is 15.6 Å². The van der Waals surface area contributed by atoms with Gasteiger partial charge in [0, 0.05) is 5.56 Å². The number of hydrogen-bond donors (Lipinski definition) is 2. The summed E-state index contributed by atoms with van der Waals surface area (Å²) < 4.78 is 18.4. The fourth-order valence-electron chi connectivity index (χ4n) is 2.31. The van der Waals surface area contributed by atoms with Crippen molar-refractivity contribution in [3.8, 4) is 17.0 Å². The Labute approximate surface area is 149 Å². The lowest BCUT2D eigenvalue weighted by molar-refractivity contribution is 0.0950. The molecule has 0 atom stereocenters. The van der Waals surface area contributed by atoms with Crippen LogP contribution in [0.2, 0.25) is 0 Å². The molecule has 2 aromatic carbocycles. The predicted octanol–water partition coefficient (Wildman–Crippen LogP) is 3.38. The number of benzene rings is 2. The molecule has 1 heterocycles. The highest BCUT2D eigenvalue weighted by atomic mass is 19.1. The van der Waals surface area contributed by atoms with Crippen molar-refractivity contribution < 1.29 is 13.9 Å². The summed E-state index contributed by atoms with van der Waals surface area (Å²) in [5.74, 6) is -0.0673. The van der Waals surface area contributed by atoms with Crippen LogP contribution >= 0.6 is 0 Å². The number of halogens is 1. The summed E-state index contributed by atoms with van der Waals surface area (Å²) in [7, 11) is 0. The highest BCUT2D eigenvalue weighted by molar-refractivity contribution is 5.94. The summed E-state index contributed by atoms with van der Waals surface area (Å²) in [6, 6.07) is 14.9. The number of nitrogens with one attached hydrogen (secondary N) is 2. The largest absolute Gasteiger partial charge is 0.493 e. The number of rotatable bonds is 6. The molecule has 7 heteroatoms. The number of nitrogens with zero attached hydrogens (tertiary/aromatic N) is 2. The van der Waals surface area contributed by atoms with Gasteiger partial charge in [-0.05, 0) is 42.8 Å². The van der Waals surface area contributed by atoms with E-state index in [0.29, 0.717) is 23.6 Å². The fourth-order valence-corrected chi connectivity index (χ4v) is 2.31. The minimum atomic E-state index is -0.434. The second-order valence-corrected chi connectivity index (χ2v) is 5.35. The van der Waals surface area contributed by atoms with Crippen molar-refractivity contribution in [3.63, 3.8) is 0 Å². The van der Waals surface area contributed by atoms with Gasteiger partial charge in [0.15, 0.2) is 0 Å². The zero-order valence-electron chi connectivity index (χ0n) is 14.1. The molecule has 3 aromatic rings. The van der Waals surface area contributed by atoms with Gasteiger partial charge < -0.3 is 4.74 Å². The molecule has 0 bridgehead atoms. The lowest BCUT2D eigenvalue weighted by Gasteiger charge is -2.07. The molecule has 0 aliphatic rings. The lowest BCUT2D eigenvalue weighted by Crippen LogP contribution is -2.17. The average molecular weight is 352 g/mol. The molecule has 0 unspecified atom stereocenters. The van der Waals surface area contributed by atoms with Crippen LogP contribution in [0.25, 0.3) is 11.3 Å². The number of carbonyl (C=O) groups excluding carboxylic acids is 1. The van der Waals surface area contributed by atoms with E-state index in [2.05, 4.69) is 20.7 Å². The van der Waals surface area contributed by atoms with Crippen molar-refractivity contribution in [2.24, 2.45) is 5.10 Å². The standard InChI is InChI=1S/C19H17FN4O2/c1-2-26-18-6-4-3-5-15(18)16-11-17(23-22-16)19(25)24-21-12-13-7-9-14(20)10-8-13/h3-12H,2H2,1H3,(H,22,23)(H,24,25). The third kappa shape index (κ3) is 4.13. The van der Waals surface area contributed by atoms with Crippen LogP contribution in [0, 0.1) is 5.82 Å². The highest BCUT2D eigenvalue weighted by Crippen LogP contribution is 2.28. The average Bonchev–Trinajstić information content (AvgIpc) is 3.14. The van der Waals surface area contributed by atoms with Gasteiger partial charge in [-0.2, -0.15) is 10.2 Å². The number of carbonyl (C=O) groups is 1. The number of aromatic nitrogens is 2. The topological polar surface area (TPSA) is 79.4 Å². The van der Waals surface area contributed by atoms with Crippen molar-refractivity contribution >= 4 is 12.1 Å². The molecule has 6 nitrogen and oxygen atoms in total. The summed E-state index contributed by atoms with van der Waals surface area (Å²) >= 11 is 0. The van der Waals surface area contributed by atoms with Gasteiger partial charge in [0.05, 0.1) is 18.5 Å². The van der Waals surface area contributed by atoms with Crippen LogP contribution in [0.15, 0.2) is 59.7 Å². The Morgan fingerprint density at radius 1 is 1.27 bits per heavy atom. The molecular weight excluding hydrogens is 335 g/mol. The van der Waals surface area contributed by atoms with E-state index >= 15 is 0 Å². The molecule has 26 heavy (non-hydrogen) atoms. The van der Waals surface area contributed by atoms with E-state index in [9.17, 15) is 9.18 Å². The highest BCUT2D eigenvalue weighted by Gasteiger charge is 2.13. The van der Waals surface area contributed by atoms with E-state index in [1.807, 2.05) is 31.2 Å². The number of hydrazone groups is 1. The van der Waals surface area contributed by atoms with Crippen LogP contribution in [-0.4, -0.2) is 28.9 Å². The predicted molar refractivity (Wildman–Crippen MR) is 96.7 cm³/mol. The van der Waals surface area contributed by atoms with E-state index in [1.165, 1.54) is 18.3 Å². The first-order valence-corrected chi connectivity index (χ1v) is 8.04. The van der Waals surface area contributed by atoms with Crippen LogP contribution in [0.5, 0.6) is 5.75 Å². The number of aromatic amines is 1. The molecule has 0 aliphatic heterocycles. The fraction of sp³-hybridized carbons (Fsp3) is 0.105. The second-order valence-electron chi connectivity index (χ2n) is 5.35. The van der Waals surface area contributed by atoms with Crippen molar-refractivity contribution in [3.05, 3.63) is 71.7 Å². The summed E-state index contributed by atoms with van der Waals surface area (Å²) in [6.07, 6.45) is 1.43. The van der Waals surface area contributed by atoms with E-state index < -0.39 is 5.91 Å². The molecule has 1 amide bonds. The molecule has 2 N–H and O–H groups in total. The van der Waals surface area contributed by atoms with Gasteiger partial charge in [-0.15, -0.1) is 0 Å². The number of hydrogen-bond acceptors (Lipinski definition) is 4. The Morgan fingerprint density at radius 3 is 2.81 bits per heavy atom. The molecule has 0 aliphatic carbocycles. The molecule has 3 rings (SSSR count). The van der Waals surface area contributed by atoms with E-state index in [0.717, 1.165) is 5.56 Å². The summed E-state index contributed by atoms with van der Waals surface area (Å²) in [5.41, 5.74) is 4.73. The minimum absolute atomic E-state index is 0.266. The molecule has 1 aromatic heterocycles. The maximum Gasteiger partial charge on any atom is 0.289 e. The van der Waals surface area contributed by atoms with Crippen molar-refractivity contribution in [2.45, 2.75) is 6.92 Å². The first-order valence-electron chi connectivity index (χ1n) is 8.04. The van der Waals surface area contributed by atoms with Crippen molar-refractivity contribution in [1.29, 1.82) is 0 Å². The molecule has 0 radical (unpaired) electrons.